The van der Waals surface area contributed by atoms with Crippen molar-refractivity contribution in [2.45, 2.75) is 78.3 Å². The van der Waals surface area contributed by atoms with Crippen LogP contribution in [0.2, 0.25) is 0 Å². The van der Waals surface area contributed by atoms with E-state index in [0.717, 1.165) is 41.2 Å². The molecule has 1 heterocycles. The van der Waals surface area contributed by atoms with Crippen molar-refractivity contribution in [1.29, 1.82) is 0 Å². The number of aryl methyl sites for hydroxylation is 1. The zero-order chi connectivity index (χ0) is 19.8. The third kappa shape index (κ3) is 2.85. The number of nitrogens with zero attached hydrogens (tertiary/aromatic N) is 1. The van der Waals surface area contributed by atoms with Gasteiger partial charge in [0.15, 0.2) is 0 Å². The quantitative estimate of drug-likeness (QED) is 0.825. The molecule has 0 radical (unpaired) electrons. The molecule has 4 saturated carbocycles. The number of rotatable bonds is 4. The van der Waals surface area contributed by atoms with Crippen LogP contribution in [0.15, 0.2) is 4.79 Å². The fraction of sp³-hybridized carbons (Fsp3) is 0.750. The van der Waals surface area contributed by atoms with E-state index >= 15 is 0 Å². The first-order chi connectivity index (χ1) is 12.4. The second-order valence-electron chi connectivity index (χ2n) is 10.2. The van der Waals surface area contributed by atoms with Gasteiger partial charge in [-0.05, 0) is 63.2 Å². The third-order valence-corrected chi connectivity index (χ3v) is 8.12. The van der Waals surface area contributed by atoms with Crippen molar-refractivity contribution < 1.29 is 14.7 Å². The first kappa shape index (κ1) is 18.7. The van der Waals surface area contributed by atoms with Crippen molar-refractivity contribution in [3.63, 3.8) is 0 Å². The molecule has 0 aliphatic heterocycles. The average molecular weight is 393 g/mol. The van der Waals surface area contributed by atoms with Crippen LogP contribution in [0.3, 0.4) is 0 Å². The number of hydrogen-bond acceptors (Lipinski definition) is 4. The Labute approximate surface area is 163 Å². The molecule has 4 aliphatic carbocycles. The Morgan fingerprint density at radius 2 is 1.67 bits per heavy atom. The molecular formula is C20H28N2O4S. The van der Waals surface area contributed by atoms with Gasteiger partial charge in [-0.2, -0.15) is 0 Å². The Hall–Kier alpha value is -1.63. The summed E-state index contributed by atoms with van der Waals surface area (Å²) in [6.07, 6.45) is 4.58. The molecular weight excluding hydrogens is 364 g/mol. The Bertz CT molecular complexity index is 880. The summed E-state index contributed by atoms with van der Waals surface area (Å²) < 4.78 is 1.52. The predicted octanol–water partition coefficient (Wildman–Crippen LogP) is 2.85. The number of amides is 1. The standard InChI is InChI=1S/C20H28N2O4S/c1-12-13(2)27-16(26)22(12)5-14(23)21-20-9-17(3)6-18(4,10-20)8-19(7-17,11-20)15(24)25/h5-11H2,1-4H3,(H,21,23)(H,24,25). The molecule has 0 aromatic carbocycles. The number of carboxylic acids is 1. The zero-order valence-corrected chi connectivity index (χ0v) is 17.3. The molecule has 148 valence electrons. The van der Waals surface area contributed by atoms with E-state index in [2.05, 4.69) is 19.2 Å². The molecule has 0 saturated heterocycles. The summed E-state index contributed by atoms with van der Waals surface area (Å²) in [5.41, 5.74) is -0.499. The van der Waals surface area contributed by atoms with E-state index in [4.69, 9.17) is 0 Å². The van der Waals surface area contributed by atoms with E-state index < -0.39 is 16.9 Å². The van der Waals surface area contributed by atoms with Crippen molar-refractivity contribution in [1.82, 2.24) is 9.88 Å². The molecule has 2 N–H and O–H groups in total. The van der Waals surface area contributed by atoms with Crippen LogP contribution in [0.25, 0.3) is 0 Å². The van der Waals surface area contributed by atoms with E-state index in [1.165, 1.54) is 4.57 Å². The molecule has 1 aromatic rings. The van der Waals surface area contributed by atoms with Crippen LogP contribution in [0, 0.1) is 30.1 Å². The highest BCUT2D eigenvalue weighted by Gasteiger charge is 2.68. The van der Waals surface area contributed by atoms with Gasteiger partial charge < -0.3 is 10.4 Å². The lowest BCUT2D eigenvalue weighted by Crippen LogP contribution is -2.69. The number of aliphatic carboxylic acids is 1. The zero-order valence-electron chi connectivity index (χ0n) is 16.5. The molecule has 5 rings (SSSR count). The lowest BCUT2D eigenvalue weighted by Gasteiger charge is -2.68. The first-order valence-electron chi connectivity index (χ1n) is 9.60. The highest BCUT2D eigenvalue weighted by atomic mass is 32.1. The molecule has 2 unspecified atom stereocenters. The Morgan fingerprint density at radius 1 is 1.07 bits per heavy atom. The first-order valence-corrected chi connectivity index (χ1v) is 10.4. The number of nitrogens with one attached hydrogen (secondary N) is 1. The molecule has 2 atom stereocenters. The normalized spacial score (nSPS) is 39.6. The van der Waals surface area contributed by atoms with Crippen LogP contribution in [-0.4, -0.2) is 27.1 Å². The van der Waals surface area contributed by atoms with Gasteiger partial charge in [0.2, 0.25) is 5.91 Å². The predicted molar refractivity (Wildman–Crippen MR) is 103 cm³/mol. The fourth-order valence-electron chi connectivity index (χ4n) is 7.30. The van der Waals surface area contributed by atoms with Gasteiger partial charge in [0.1, 0.15) is 6.54 Å². The SMILES string of the molecule is Cc1sc(=O)n(CC(=O)NC23CC4(C)CC(C)(C2)CC(C(=O)O)(C4)C3)c1C. The van der Waals surface area contributed by atoms with Gasteiger partial charge in [-0.1, -0.05) is 25.2 Å². The summed E-state index contributed by atoms with van der Waals surface area (Å²) in [5.74, 6) is -0.911. The Morgan fingerprint density at radius 3 is 2.15 bits per heavy atom. The van der Waals surface area contributed by atoms with Crippen LogP contribution in [0.1, 0.15) is 62.9 Å². The minimum Gasteiger partial charge on any atom is -0.481 e. The smallest absolute Gasteiger partial charge is 0.309 e. The van der Waals surface area contributed by atoms with Gasteiger partial charge >= 0.3 is 10.8 Å². The van der Waals surface area contributed by atoms with Crippen molar-refractivity contribution >= 4 is 23.2 Å². The van der Waals surface area contributed by atoms with Crippen LogP contribution in [-0.2, 0) is 16.1 Å². The maximum atomic E-state index is 12.9. The van der Waals surface area contributed by atoms with E-state index in [9.17, 15) is 19.5 Å². The van der Waals surface area contributed by atoms with Crippen molar-refractivity contribution in [2.24, 2.45) is 16.2 Å². The lowest BCUT2D eigenvalue weighted by atomic mass is 9.38. The highest BCUT2D eigenvalue weighted by Crippen LogP contribution is 2.70. The minimum absolute atomic E-state index is 0.00422. The molecule has 1 aromatic heterocycles. The number of hydrogen-bond donors (Lipinski definition) is 2. The minimum atomic E-state index is -0.739. The van der Waals surface area contributed by atoms with Gasteiger partial charge in [0.25, 0.3) is 0 Å². The maximum Gasteiger partial charge on any atom is 0.309 e. The maximum absolute atomic E-state index is 12.9. The van der Waals surface area contributed by atoms with Crippen molar-refractivity contribution in [2.75, 3.05) is 0 Å². The van der Waals surface area contributed by atoms with E-state index in [1.807, 2.05) is 13.8 Å². The van der Waals surface area contributed by atoms with Crippen LogP contribution >= 0.6 is 11.3 Å². The summed E-state index contributed by atoms with van der Waals surface area (Å²) in [4.78, 5) is 38.0. The number of carbonyl (C=O) groups is 2. The molecule has 0 spiro atoms. The molecule has 4 bridgehead atoms. The third-order valence-electron chi connectivity index (χ3n) is 7.13. The number of carboxylic acid groups (broad SMARTS) is 1. The second kappa shape index (κ2) is 5.46. The lowest BCUT2D eigenvalue weighted by molar-refractivity contribution is -0.195. The molecule has 4 fully saturated rings. The second-order valence-corrected chi connectivity index (χ2v) is 11.4. The molecule has 7 heteroatoms. The van der Waals surface area contributed by atoms with E-state index in [1.54, 1.807) is 0 Å². The van der Waals surface area contributed by atoms with E-state index in [-0.39, 0.29) is 28.2 Å². The average Bonchev–Trinajstić information content (AvgIpc) is 2.69. The Balaban J connectivity index is 1.62. The highest BCUT2D eigenvalue weighted by molar-refractivity contribution is 7.09. The van der Waals surface area contributed by atoms with Crippen molar-refractivity contribution in [3.8, 4) is 0 Å². The van der Waals surface area contributed by atoms with Crippen LogP contribution in [0.5, 0.6) is 0 Å². The summed E-state index contributed by atoms with van der Waals surface area (Å²) in [7, 11) is 0. The number of carbonyl (C=O) groups excluding carboxylic acids is 1. The van der Waals surface area contributed by atoms with Crippen LogP contribution in [0.4, 0.5) is 0 Å². The molecule has 1 amide bonds. The van der Waals surface area contributed by atoms with E-state index in [0.29, 0.717) is 19.3 Å². The van der Waals surface area contributed by atoms with Gasteiger partial charge in [-0.25, -0.2) is 0 Å². The fourth-order valence-corrected chi connectivity index (χ4v) is 8.14. The molecule has 27 heavy (non-hydrogen) atoms. The summed E-state index contributed by atoms with van der Waals surface area (Å²) in [5, 5.41) is 13.2. The van der Waals surface area contributed by atoms with Gasteiger partial charge in [0.05, 0.1) is 5.41 Å². The summed E-state index contributed by atoms with van der Waals surface area (Å²) in [6, 6.07) is 0. The topological polar surface area (TPSA) is 88.4 Å². The van der Waals surface area contributed by atoms with Gasteiger partial charge in [0, 0.05) is 16.1 Å². The molecule has 4 aliphatic rings. The summed E-state index contributed by atoms with van der Waals surface area (Å²) in [6.45, 7) is 8.10. The van der Waals surface area contributed by atoms with Crippen LogP contribution < -0.4 is 10.2 Å². The monoisotopic (exact) mass is 392 g/mol. The number of aromatic nitrogens is 1. The largest absolute Gasteiger partial charge is 0.481 e. The van der Waals surface area contributed by atoms with Gasteiger partial charge in [-0.3, -0.25) is 19.0 Å². The molecule has 6 nitrogen and oxygen atoms in total. The Kier molecular flexibility index (Phi) is 3.79. The summed E-state index contributed by atoms with van der Waals surface area (Å²) >= 11 is 1.16. The van der Waals surface area contributed by atoms with Crippen molar-refractivity contribution in [3.05, 3.63) is 20.2 Å². The number of thiazole rings is 1. The van der Waals surface area contributed by atoms with Gasteiger partial charge in [-0.15, -0.1) is 0 Å².